The van der Waals surface area contributed by atoms with E-state index >= 15 is 0 Å². The number of benzene rings is 1. The molecule has 16 heavy (non-hydrogen) atoms. The second-order valence-electron chi connectivity index (χ2n) is 3.57. The molecule has 1 unspecified atom stereocenters. The Balaban J connectivity index is 2.70. The number of carbonyl (C=O) groups excluding carboxylic acids is 1. The van der Waals surface area contributed by atoms with Crippen LogP contribution in [0.5, 0.6) is 0 Å². The highest BCUT2D eigenvalue weighted by Crippen LogP contribution is 2.25. The van der Waals surface area contributed by atoms with Crippen LogP contribution in [0.3, 0.4) is 0 Å². The fraction of sp³-hybridized carbons (Fsp3) is 0.364. The molecule has 0 aliphatic rings. The third-order valence-electron chi connectivity index (χ3n) is 2.07. The van der Waals surface area contributed by atoms with Crippen LogP contribution >= 0.6 is 34.8 Å². The van der Waals surface area contributed by atoms with E-state index in [9.17, 15) is 4.79 Å². The van der Waals surface area contributed by atoms with E-state index in [0.717, 1.165) is 0 Å². The Bertz CT molecular complexity index is 381. The first-order chi connectivity index (χ1) is 7.56. The summed E-state index contributed by atoms with van der Waals surface area (Å²) in [4.78, 5) is 11.7. The molecule has 0 saturated carbocycles. The van der Waals surface area contributed by atoms with Gasteiger partial charge in [0.15, 0.2) is 0 Å². The van der Waals surface area contributed by atoms with Crippen molar-refractivity contribution in [2.75, 3.05) is 12.4 Å². The van der Waals surface area contributed by atoms with Crippen molar-refractivity contribution in [3.05, 3.63) is 33.8 Å². The van der Waals surface area contributed by atoms with Crippen molar-refractivity contribution < 1.29 is 4.79 Å². The summed E-state index contributed by atoms with van der Waals surface area (Å²) in [7, 11) is 0. The van der Waals surface area contributed by atoms with Gasteiger partial charge in [0.25, 0.3) is 5.91 Å². The molecule has 0 fully saturated rings. The zero-order valence-electron chi connectivity index (χ0n) is 8.77. The van der Waals surface area contributed by atoms with Gasteiger partial charge in [-0.05, 0) is 18.1 Å². The van der Waals surface area contributed by atoms with Gasteiger partial charge in [0.1, 0.15) is 0 Å². The van der Waals surface area contributed by atoms with Gasteiger partial charge in [0, 0.05) is 12.4 Å². The summed E-state index contributed by atoms with van der Waals surface area (Å²) in [5.74, 6) is 0.497. The van der Waals surface area contributed by atoms with Gasteiger partial charge in [0.05, 0.1) is 15.6 Å². The number of hydrogen-bond donors (Lipinski definition) is 1. The van der Waals surface area contributed by atoms with E-state index < -0.39 is 0 Å². The molecule has 1 amide bonds. The summed E-state index contributed by atoms with van der Waals surface area (Å²) < 4.78 is 0. The molecule has 1 aromatic carbocycles. The molecule has 2 nitrogen and oxygen atoms in total. The maximum atomic E-state index is 11.7. The molecule has 0 bridgehead atoms. The normalized spacial score (nSPS) is 12.2. The lowest BCUT2D eigenvalue weighted by Gasteiger charge is -2.10. The van der Waals surface area contributed by atoms with Crippen LogP contribution in [0.2, 0.25) is 10.0 Å². The average Bonchev–Trinajstić information content (AvgIpc) is 2.29. The summed E-state index contributed by atoms with van der Waals surface area (Å²) >= 11 is 17.4. The lowest BCUT2D eigenvalue weighted by Crippen LogP contribution is -2.29. The van der Waals surface area contributed by atoms with Crippen molar-refractivity contribution in [3.8, 4) is 0 Å². The molecule has 0 aliphatic heterocycles. The molecule has 88 valence electrons. The summed E-state index contributed by atoms with van der Waals surface area (Å²) in [6.45, 7) is 2.47. The molecule has 1 rings (SSSR count). The van der Waals surface area contributed by atoms with Crippen LogP contribution < -0.4 is 5.32 Å². The molecule has 1 atom stereocenters. The predicted octanol–water partition coefficient (Wildman–Crippen LogP) is 3.60. The zero-order chi connectivity index (χ0) is 12.1. The van der Waals surface area contributed by atoms with Crippen LogP contribution in [-0.2, 0) is 0 Å². The Morgan fingerprint density at radius 1 is 1.44 bits per heavy atom. The van der Waals surface area contributed by atoms with Gasteiger partial charge in [0.2, 0.25) is 0 Å². The summed E-state index contributed by atoms with van der Waals surface area (Å²) in [5, 5.41) is 3.40. The summed E-state index contributed by atoms with van der Waals surface area (Å²) in [5.41, 5.74) is 0.385. The molecule has 0 aliphatic carbocycles. The molecule has 0 radical (unpaired) electrons. The van der Waals surface area contributed by atoms with E-state index in [2.05, 4.69) is 5.32 Å². The third-order valence-corrected chi connectivity index (χ3v) is 3.42. The van der Waals surface area contributed by atoms with Crippen LogP contribution in [0.1, 0.15) is 17.3 Å². The van der Waals surface area contributed by atoms with E-state index in [1.165, 1.54) is 0 Å². The second-order valence-corrected chi connectivity index (χ2v) is 4.66. The predicted molar refractivity (Wildman–Crippen MR) is 68.7 cm³/mol. The van der Waals surface area contributed by atoms with Gasteiger partial charge in [-0.25, -0.2) is 0 Å². The monoisotopic (exact) mass is 279 g/mol. The van der Waals surface area contributed by atoms with Crippen LogP contribution in [0.25, 0.3) is 0 Å². The number of halogens is 3. The Morgan fingerprint density at radius 3 is 2.75 bits per heavy atom. The first-order valence-corrected chi connectivity index (χ1v) is 6.13. The van der Waals surface area contributed by atoms with Gasteiger partial charge < -0.3 is 5.32 Å². The van der Waals surface area contributed by atoms with E-state index in [-0.39, 0.29) is 16.8 Å². The minimum Gasteiger partial charge on any atom is -0.352 e. The quantitative estimate of drug-likeness (QED) is 0.839. The van der Waals surface area contributed by atoms with Crippen molar-refractivity contribution in [2.45, 2.75) is 6.92 Å². The fourth-order valence-electron chi connectivity index (χ4n) is 1.10. The van der Waals surface area contributed by atoms with Crippen LogP contribution in [0.15, 0.2) is 18.2 Å². The molecule has 0 saturated heterocycles. The smallest absolute Gasteiger partial charge is 0.252 e. The summed E-state index contributed by atoms with van der Waals surface area (Å²) in [6.07, 6.45) is 0. The first-order valence-electron chi connectivity index (χ1n) is 4.84. The van der Waals surface area contributed by atoms with E-state index in [0.29, 0.717) is 23.0 Å². The van der Waals surface area contributed by atoms with Gasteiger partial charge in [-0.15, -0.1) is 11.6 Å². The topological polar surface area (TPSA) is 29.1 Å². The number of nitrogens with one attached hydrogen (secondary N) is 1. The molecule has 0 heterocycles. The lowest BCUT2D eigenvalue weighted by molar-refractivity contribution is 0.0949. The molecule has 5 heteroatoms. The van der Waals surface area contributed by atoms with Crippen LogP contribution in [0, 0.1) is 5.92 Å². The molecule has 1 aromatic rings. The SMILES string of the molecule is CC(CCl)CNC(=O)c1cccc(Cl)c1Cl. The number of amides is 1. The molecule has 0 aromatic heterocycles. The van der Waals surface area contributed by atoms with Crippen molar-refractivity contribution in [2.24, 2.45) is 5.92 Å². The second kappa shape index (κ2) is 6.33. The number of carbonyl (C=O) groups is 1. The zero-order valence-corrected chi connectivity index (χ0v) is 11.0. The molecule has 0 spiro atoms. The van der Waals surface area contributed by atoms with E-state index in [1.807, 2.05) is 6.92 Å². The van der Waals surface area contributed by atoms with Gasteiger partial charge >= 0.3 is 0 Å². The minimum atomic E-state index is -0.232. The number of hydrogen-bond acceptors (Lipinski definition) is 1. The maximum Gasteiger partial charge on any atom is 0.252 e. The van der Waals surface area contributed by atoms with Gasteiger partial charge in [-0.2, -0.15) is 0 Å². The summed E-state index contributed by atoms with van der Waals surface area (Å²) in [6, 6.07) is 4.96. The highest BCUT2D eigenvalue weighted by molar-refractivity contribution is 6.43. The van der Waals surface area contributed by atoms with Crippen molar-refractivity contribution in [1.82, 2.24) is 5.32 Å². The third kappa shape index (κ3) is 3.55. The Morgan fingerprint density at radius 2 is 2.12 bits per heavy atom. The molecule has 1 N–H and O–H groups in total. The Labute approximate surface area is 110 Å². The average molecular weight is 281 g/mol. The highest BCUT2D eigenvalue weighted by Gasteiger charge is 2.12. The Kier molecular flexibility index (Phi) is 5.39. The minimum absolute atomic E-state index is 0.226. The van der Waals surface area contributed by atoms with Crippen molar-refractivity contribution in [1.29, 1.82) is 0 Å². The van der Waals surface area contributed by atoms with Crippen LogP contribution in [-0.4, -0.2) is 18.3 Å². The highest BCUT2D eigenvalue weighted by atomic mass is 35.5. The van der Waals surface area contributed by atoms with Gasteiger partial charge in [-0.3, -0.25) is 4.79 Å². The Hall–Kier alpha value is -0.440. The first kappa shape index (κ1) is 13.6. The lowest BCUT2D eigenvalue weighted by atomic mass is 10.2. The maximum absolute atomic E-state index is 11.7. The van der Waals surface area contributed by atoms with E-state index in [1.54, 1.807) is 18.2 Å². The van der Waals surface area contributed by atoms with E-state index in [4.69, 9.17) is 34.8 Å². The fourth-order valence-corrected chi connectivity index (χ4v) is 1.59. The molecular formula is C11H12Cl3NO. The molecular weight excluding hydrogens is 268 g/mol. The van der Waals surface area contributed by atoms with Crippen molar-refractivity contribution >= 4 is 40.7 Å². The number of alkyl halides is 1. The standard InChI is InChI=1S/C11H12Cl3NO/c1-7(5-12)6-15-11(16)8-3-2-4-9(13)10(8)14/h2-4,7H,5-6H2,1H3,(H,15,16). The van der Waals surface area contributed by atoms with Crippen molar-refractivity contribution in [3.63, 3.8) is 0 Å². The largest absolute Gasteiger partial charge is 0.352 e. The van der Waals surface area contributed by atoms with Gasteiger partial charge in [-0.1, -0.05) is 36.2 Å². The number of rotatable bonds is 4. The van der Waals surface area contributed by atoms with Crippen LogP contribution in [0.4, 0.5) is 0 Å².